The van der Waals surface area contributed by atoms with Crippen LogP contribution in [-0.4, -0.2) is 46.8 Å². The zero-order chi connectivity index (χ0) is 16.9. The van der Waals surface area contributed by atoms with Gasteiger partial charge in [0.1, 0.15) is 5.69 Å². The van der Waals surface area contributed by atoms with Crippen molar-refractivity contribution in [3.63, 3.8) is 0 Å². The number of hydrogen-bond acceptors (Lipinski definition) is 5. The summed E-state index contributed by atoms with van der Waals surface area (Å²) in [6, 6.07) is 9.86. The molecule has 1 amide bonds. The third-order valence-electron chi connectivity index (χ3n) is 4.21. The van der Waals surface area contributed by atoms with E-state index in [0.29, 0.717) is 31.1 Å². The number of benzene rings is 1. The third kappa shape index (κ3) is 4.43. The summed E-state index contributed by atoms with van der Waals surface area (Å²) in [5, 5.41) is 16.5. The Morgan fingerprint density at radius 1 is 1.42 bits per heavy atom. The number of aryl methyl sites for hydroxylation is 1. The third-order valence-corrected chi connectivity index (χ3v) is 4.21. The first kappa shape index (κ1) is 16.7. The molecule has 3 rings (SSSR count). The monoisotopic (exact) mass is 329 g/mol. The SMILES string of the molecule is Cc1ccc(-c2cc(CNC(=O)CN3CCCC(O)C3)no2)cc1. The summed E-state index contributed by atoms with van der Waals surface area (Å²) in [6.45, 7) is 4.09. The summed E-state index contributed by atoms with van der Waals surface area (Å²) < 4.78 is 5.34. The topological polar surface area (TPSA) is 78.6 Å². The number of likely N-dealkylation sites (tertiary alicyclic amines) is 1. The smallest absolute Gasteiger partial charge is 0.234 e. The second kappa shape index (κ2) is 7.59. The normalized spacial score (nSPS) is 18.5. The molecule has 1 fully saturated rings. The van der Waals surface area contributed by atoms with Gasteiger partial charge in [0.2, 0.25) is 5.91 Å². The Balaban J connectivity index is 1.50. The van der Waals surface area contributed by atoms with Crippen LogP contribution in [0.1, 0.15) is 24.1 Å². The number of nitrogens with one attached hydrogen (secondary N) is 1. The van der Waals surface area contributed by atoms with Crippen LogP contribution in [0.2, 0.25) is 0 Å². The van der Waals surface area contributed by atoms with Crippen molar-refractivity contribution in [1.82, 2.24) is 15.4 Å². The standard InChI is InChI=1S/C18H23N3O3/c1-13-4-6-14(7-5-13)17-9-15(20-24-17)10-19-18(23)12-21-8-2-3-16(22)11-21/h4-7,9,16,22H,2-3,8,10-12H2,1H3,(H,19,23). The van der Waals surface area contributed by atoms with Gasteiger partial charge in [-0.15, -0.1) is 0 Å². The number of carbonyl (C=O) groups is 1. The first-order valence-electron chi connectivity index (χ1n) is 8.30. The van der Waals surface area contributed by atoms with E-state index in [1.165, 1.54) is 5.56 Å². The Bertz CT molecular complexity index is 681. The Labute approximate surface area is 141 Å². The molecule has 1 saturated heterocycles. The van der Waals surface area contributed by atoms with Crippen molar-refractivity contribution in [3.05, 3.63) is 41.6 Å². The molecular weight excluding hydrogens is 306 g/mol. The Kier molecular flexibility index (Phi) is 5.27. The fourth-order valence-corrected chi connectivity index (χ4v) is 2.87. The van der Waals surface area contributed by atoms with Crippen LogP contribution in [0.5, 0.6) is 0 Å². The molecule has 1 atom stereocenters. The van der Waals surface area contributed by atoms with Gasteiger partial charge in [0, 0.05) is 18.2 Å². The van der Waals surface area contributed by atoms with Gasteiger partial charge in [-0.25, -0.2) is 0 Å². The van der Waals surface area contributed by atoms with Gasteiger partial charge in [-0.05, 0) is 26.3 Å². The van der Waals surface area contributed by atoms with Crippen LogP contribution >= 0.6 is 0 Å². The molecular formula is C18H23N3O3. The number of rotatable bonds is 5. The molecule has 0 bridgehead atoms. The molecule has 24 heavy (non-hydrogen) atoms. The molecule has 2 aromatic rings. The molecule has 1 unspecified atom stereocenters. The maximum atomic E-state index is 12.0. The van der Waals surface area contributed by atoms with Crippen molar-refractivity contribution in [3.8, 4) is 11.3 Å². The zero-order valence-electron chi connectivity index (χ0n) is 13.9. The highest BCUT2D eigenvalue weighted by Gasteiger charge is 2.19. The molecule has 6 heteroatoms. The summed E-state index contributed by atoms with van der Waals surface area (Å²) in [4.78, 5) is 14.0. The van der Waals surface area contributed by atoms with Gasteiger partial charge in [0.15, 0.2) is 5.76 Å². The summed E-state index contributed by atoms with van der Waals surface area (Å²) in [7, 11) is 0. The number of aromatic nitrogens is 1. The van der Waals surface area contributed by atoms with E-state index in [1.807, 2.05) is 42.2 Å². The number of hydrogen-bond donors (Lipinski definition) is 2. The lowest BCUT2D eigenvalue weighted by atomic mass is 10.1. The molecule has 0 saturated carbocycles. The van der Waals surface area contributed by atoms with E-state index < -0.39 is 0 Å². The first-order chi connectivity index (χ1) is 11.6. The zero-order valence-corrected chi connectivity index (χ0v) is 13.9. The lowest BCUT2D eigenvalue weighted by Gasteiger charge is -2.29. The molecule has 2 heterocycles. The van der Waals surface area contributed by atoms with Crippen LogP contribution in [0.3, 0.4) is 0 Å². The molecule has 1 aromatic heterocycles. The minimum absolute atomic E-state index is 0.0658. The number of aliphatic hydroxyl groups excluding tert-OH is 1. The van der Waals surface area contributed by atoms with Gasteiger partial charge < -0.3 is 14.9 Å². The molecule has 2 N–H and O–H groups in total. The van der Waals surface area contributed by atoms with E-state index in [1.54, 1.807) is 0 Å². The average Bonchev–Trinajstić information content (AvgIpc) is 3.03. The lowest BCUT2D eigenvalue weighted by molar-refractivity contribution is -0.123. The highest BCUT2D eigenvalue weighted by Crippen LogP contribution is 2.20. The van der Waals surface area contributed by atoms with E-state index in [2.05, 4.69) is 10.5 Å². The van der Waals surface area contributed by atoms with E-state index in [-0.39, 0.29) is 12.0 Å². The van der Waals surface area contributed by atoms with Crippen molar-refractivity contribution in [2.45, 2.75) is 32.4 Å². The Morgan fingerprint density at radius 3 is 2.96 bits per heavy atom. The number of β-amino-alcohol motifs (C(OH)–C–C–N with tert-alkyl or cyclic N) is 1. The molecule has 1 aliphatic rings. The van der Waals surface area contributed by atoms with Crippen molar-refractivity contribution in [2.75, 3.05) is 19.6 Å². The van der Waals surface area contributed by atoms with Crippen LogP contribution in [0.25, 0.3) is 11.3 Å². The second-order valence-corrected chi connectivity index (χ2v) is 6.36. The highest BCUT2D eigenvalue weighted by molar-refractivity contribution is 5.78. The van der Waals surface area contributed by atoms with Crippen molar-refractivity contribution < 1.29 is 14.4 Å². The Hall–Kier alpha value is -2.18. The van der Waals surface area contributed by atoms with Gasteiger partial charge in [-0.3, -0.25) is 9.69 Å². The number of amides is 1. The summed E-state index contributed by atoms with van der Waals surface area (Å²) >= 11 is 0. The quantitative estimate of drug-likeness (QED) is 0.873. The fourth-order valence-electron chi connectivity index (χ4n) is 2.87. The number of carbonyl (C=O) groups excluding carboxylic acids is 1. The van der Waals surface area contributed by atoms with Gasteiger partial charge in [-0.1, -0.05) is 35.0 Å². The molecule has 128 valence electrons. The largest absolute Gasteiger partial charge is 0.392 e. The van der Waals surface area contributed by atoms with Crippen LogP contribution < -0.4 is 5.32 Å². The second-order valence-electron chi connectivity index (χ2n) is 6.36. The minimum Gasteiger partial charge on any atom is -0.392 e. The van der Waals surface area contributed by atoms with E-state index in [4.69, 9.17) is 4.52 Å². The van der Waals surface area contributed by atoms with Crippen molar-refractivity contribution in [2.24, 2.45) is 0 Å². The Morgan fingerprint density at radius 2 is 2.21 bits per heavy atom. The van der Waals surface area contributed by atoms with Gasteiger partial charge in [0.25, 0.3) is 0 Å². The van der Waals surface area contributed by atoms with Crippen molar-refractivity contribution in [1.29, 1.82) is 0 Å². The number of aliphatic hydroxyl groups is 1. The van der Waals surface area contributed by atoms with Gasteiger partial charge in [0.05, 0.1) is 19.2 Å². The summed E-state index contributed by atoms with van der Waals surface area (Å²) in [5.41, 5.74) is 2.85. The van der Waals surface area contributed by atoms with Crippen LogP contribution in [0.15, 0.2) is 34.9 Å². The molecule has 1 aromatic carbocycles. The predicted octanol–water partition coefficient (Wildman–Crippen LogP) is 1.72. The minimum atomic E-state index is -0.320. The van der Waals surface area contributed by atoms with E-state index >= 15 is 0 Å². The van der Waals surface area contributed by atoms with Gasteiger partial charge in [-0.2, -0.15) is 0 Å². The first-order valence-corrected chi connectivity index (χ1v) is 8.30. The molecule has 0 aliphatic carbocycles. The van der Waals surface area contributed by atoms with Crippen LogP contribution in [0.4, 0.5) is 0 Å². The van der Waals surface area contributed by atoms with Crippen molar-refractivity contribution >= 4 is 5.91 Å². The number of piperidine rings is 1. The van der Waals surface area contributed by atoms with E-state index in [0.717, 1.165) is 24.9 Å². The molecule has 0 spiro atoms. The predicted molar refractivity (Wildman–Crippen MR) is 90.2 cm³/mol. The van der Waals surface area contributed by atoms with Crippen LogP contribution in [-0.2, 0) is 11.3 Å². The maximum Gasteiger partial charge on any atom is 0.234 e. The van der Waals surface area contributed by atoms with Gasteiger partial charge >= 0.3 is 0 Å². The fraction of sp³-hybridized carbons (Fsp3) is 0.444. The van der Waals surface area contributed by atoms with E-state index in [9.17, 15) is 9.90 Å². The molecule has 0 radical (unpaired) electrons. The lowest BCUT2D eigenvalue weighted by Crippen LogP contribution is -2.44. The number of nitrogens with zero attached hydrogens (tertiary/aromatic N) is 2. The maximum absolute atomic E-state index is 12.0. The average molecular weight is 329 g/mol. The summed E-state index contributed by atoms with van der Waals surface area (Å²) in [5.74, 6) is 0.627. The molecule has 1 aliphatic heterocycles. The van der Waals surface area contributed by atoms with Crippen LogP contribution in [0, 0.1) is 6.92 Å². The summed E-state index contributed by atoms with van der Waals surface area (Å²) in [6.07, 6.45) is 1.43. The highest BCUT2D eigenvalue weighted by atomic mass is 16.5. The molecule has 6 nitrogen and oxygen atoms in total.